The summed E-state index contributed by atoms with van der Waals surface area (Å²) in [5.41, 5.74) is 0. The Hall–Kier alpha value is -0.570. The van der Waals surface area contributed by atoms with Gasteiger partial charge in [0.1, 0.15) is 0 Å². The van der Waals surface area contributed by atoms with Gasteiger partial charge in [-0.3, -0.25) is 10.1 Å². The van der Waals surface area contributed by atoms with Crippen LogP contribution in [0.5, 0.6) is 0 Å². The minimum atomic E-state index is -1.04. The summed E-state index contributed by atoms with van der Waals surface area (Å²) in [5.74, 6) is 0. The van der Waals surface area contributed by atoms with Crippen LogP contribution in [0.1, 0.15) is 0 Å². The molecule has 1 unspecified atom stereocenters. The molecule has 0 aromatic carbocycles. The summed E-state index contributed by atoms with van der Waals surface area (Å²) in [6.45, 7) is 0. The Kier molecular flexibility index (Phi) is 2.40. The predicted molar refractivity (Wildman–Crippen MR) is 21.1 cm³/mol. The van der Waals surface area contributed by atoms with Gasteiger partial charge in [0, 0.05) is 4.95 Å². The summed E-state index contributed by atoms with van der Waals surface area (Å²) in [6.07, 6.45) is 0. The highest BCUT2D eigenvalue weighted by Crippen LogP contribution is 2.07. The maximum Gasteiger partial charge on any atom is 0.401 e. The maximum absolute atomic E-state index is 9.12. The molecule has 6 heteroatoms. The molecule has 0 radical (unpaired) electrons. The number of nitro groups is 1. The average molecular weight is 108 g/mol. The summed E-state index contributed by atoms with van der Waals surface area (Å²) >= 11 is 0. The molecule has 0 aliphatic carbocycles. The lowest BCUT2D eigenvalue weighted by Crippen LogP contribution is -1.71. The van der Waals surface area contributed by atoms with Gasteiger partial charge in [0.25, 0.3) is 0 Å². The van der Waals surface area contributed by atoms with Gasteiger partial charge in [0.15, 0.2) is 0 Å². The van der Waals surface area contributed by atoms with E-state index in [9.17, 15) is 0 Å². The quantitative estimate of drug-likeness (QED) is 0.224. The molecule has 0 aliphatic rings. The first-order valence-corrected chi connectivity index (χ1v) is 1.89. The molecule has 0 aromatic rings. The number of hydrogen-bond acceptors (Lipinski definition) is 4. The van der Waals surface area contributed by atoms with Gasteiger partial charge in [-0.05, 0) is 0 Å². The largest absolute Gasteiger partial charge is 0.401 e. The number of nitrogens with zero attached hydrogens (tertiary/aromatic N) is 2. The van der Waals surface area contributed by atoms with Crippen molar-refractivity contribution in [2.75, 3.05) is 0 Å². The van der Waals surface area contributed by atoms with Gasteiger partial charge in [0.2, 0.25) is 0 Å². The van der Waals surface area contributed by atoms with E-state index in [-0.39, 0.29) is 0 Å². The second-order valence-electron chi connectivity index (χ2n) is 0.448. The molecule has 5 nitrogen and oxygen atoms in total. The highest BCUT2D eigenvalue weighted by molar-refractivity contribution is 7.28. The van der Waals surface area contributed by atoms with E-state index in [1.807, 2.05) is 4.95 Å². The summed E-state index contributed by atoms with van der Waals surface area (Å²) < 4.78 is -0.771. The topological polar surface area (TPSA) is 72.6 Å². The Labute approximate surface area is 34.7 Å². The number of hydrogen-bond donors (Lipinski definition) is 0. The van der Waals surface area contributed by atoms with Crippen molar-refractivity contribution in [3.05, 3.63) is 15.0 Å². The molecule has 0 heterocycles. The monoisotopic (exact) mass is 108 g/mol. The van der Waals surface area contributed by atoms with Crippen molar-refractivity contribution < 1.29 is 4.69 Å². The van der Waals surface area contributed by atoms with Crippen LogP contribution in [0.25, 0.3) is 0 Å². The van der Waals surface area contributed by atoms with E-state index < -0.39 is 13.6 Å². The molecule has 0 saturated heterocycles. The van der Waals surface area contributed by atoms with Crippen LogP contribution in [0.2, 0.25) is 0 Å². The Morgan fingerprint density at radius 2 is 2.33 bits per heavy atom. The van der Waals surface area contributed by atoms with E-state index in [0.29, 0.717) is 0 Å². The maximum atomic E-state index is 9.12. The molecule has 0 bridgehead atoms. The molecule has 0 spiro atoms. The van der Waals surface area contributed by atoms with Crippen LogP contribution in [0, 0.1) is 15.0 Å². The predicted octanol–water partition coefficient (Wildman–Crippen LogP) is 0.538. The highest BCUT2D eigenvalue weighted by Gasteiger charge is 1.90. The van der Waals surface area contributed by atoms with Crippen molar-refractivity contribution in [1.29, 1.82) is 0 Å². The minimum absolute atomic E-state index is 0.771. The molecule has 1 atom stereocenters. The van der Waals surface area contributed by atoms with Crippen LogP contribution in [0.3, 0.4) is 0 Å². The Morgan fingerprint density at radius 3 is 2.33 bits per heavy atom. The van der Waals surface area contributed by atoms with Gasteiger partial charge in [0.05, 0.1) is 4.69 Å². The second-order valence-corrected chi connectivity index (χ2v) is 1.20. The third-order valence-corrected chi connectivity index (χ3v) is 0.367. The van der Waals surface area contributed by atoms with E-state index >= 15 is 0 Å². The van der Waals surface area contributed by atoms with Crippen molar-refractivity contribution in [3.8, 4) is 0 Å². The van der Waals surface area contributed by atoms with Gasteiger partial charge in [-0.2, -0.15) is 0 Å². The van der Waals surface area contributed by atoms with E-state index in [1.54, 1.807) is 0 Å². The zero-order valence-electron chi connectivity index (χ0n) is 2.62. The lowest BCUT2D eigenvalue weighted by molar-refractivity contribution is -0.295. The smallest absolute Gasteiger partial charge is 0.262 e. The third kappa shape index (κ3) is 3.43. The lowest BCUT2D eigenvalue weighted by atomic mass is 13.4. The summed E-state index contributed by atoms with van der Waals surface area (Å²) in [7, 11) is -1.04. The Bertz CT molecular complexity index is 69.2. The fraction of sp³-hybridized carbons (Fsp3) is 0. The molecular formula is HN2O3P. The molecule has 0 fully saturated rings. The first-order valence-electron chi connectivity index (χ1n) is 0.995. The van der Waals surface area contributed by atoms with Gasteiger partial charge in [-0.15, -0.1) is 4.91 Å². The first-order chi connectivity index (χ1) is 2.77. The van der Waals surface area contributed by atoms with Crippen LogP contribution in [-0.2, 0) is 0 Å². The van der Waals surface area contributed by atoms with Crippen LogP contribution in [0.15, 0.2) is 4.95 Å². The van der Waals surface area contributed by atoms with Crippen molar-refractivity contribution in [2.45, 2.75) is 0 Å². The Balaban J connectivity index is 3.05. The fourth-order valence-electron chi connectivity index (χ4n) is 0.0333. The third-order valence-electron chi connectivity index (χ3n) is 0.122. The molecule has 0 amide bonds. The Morgan fingerprint density at radius 1 is 1.83 bits per heavy atom. The van der Waals surface area contributed by atoms with E-state index in [2.05, 4.69) is 0 Å². The van der Waals surface area contributed by atoms with Crippen LogP contribution in [0.4, 0.5) is 0 Å². The van der Waals surface area contributed by atoms with E-state index in [1.165, 1.54) is 0 Å². The summed E-state index contributed by atoms with van der Waals surface area (Å²) in [6, 6.07) is 0. The van der Waals surface area contributed by atoms with Gasteiger partial charge in [-0.1, -0.05) is 0 Å². The van der Waals surface area contributed by atoms with Crippen LogP contribution < -0.4 is 0 Å². The normalized spacial score (nSPS) is 9.33. The van der Waals surface area contributed by atoms with Crippen LogP contribution >= 0.6 is 8.88 Å². The van der Waals surface area contributed by atoms with Crippen molar-refractivity contribution in [3.63, 3.8) is 0 Å². The molecule has 0 aromatic heterocycles. The highest BCUT2D eigenvalue weighted by atomic mass is 31.1. The van der Waals surface area contributed by atoms with Crippen molar-refractivity contribution in [1.82, 2.24) is 0 Å². The molecule has 0 aliphatic heterocycles. The van der Waals surface area contributed by atoms with Gasteiger partial charge < -0.3 is 0 Å². The lowest BCUT2D eigenvalue weighted by Gasteiger charge is -1.70. The number of nitroso groups, excluding NO2 is 1. The summed E-state index contributed by atoms with van der Waals surface area (Å²) in [4.78, 5) is 20.1. The van der Waals surface area contributed by atoms with Gasteiger partial charge in [-0.25, -0.2) is 0 Å². The zero-order valence-corrected chi connectivity index (χ0v) is 3.62. The molecule has 0 rings (SSSR count). The average Bonchev–Trinajstić information content (AvgIpc) is 1.35. The molecular weight excluding hydrogens is 107 g/mol. The molecule has 6 heavy (non-hydrogen) atoms. The SMILES string of the molecule is O=NP[N+](=O)[O-]. The van der Waals surface area contributed by atoms with Crippen molar-refractivity contribution in [2.24, 2.45) is 4.95 Å². The molecule has 34 valence electrons. The standard InChI is InChI=1S/HN2O3P/c3-1-6-2(4)5/h6H. The van der Waals surface area contributed by atoms with Crippen LogP contribution in [-0.4, -0.2) is 4.69 Å². The molecule has 0 saturated carbocycles. The first kappa shape index (κ1) is 5.43. The van der Waals surface area contributed by atoms with E-state index in [0.717, 1.165) is 0 Å². The van der Waals surface area contributed by atoms with Crippen molar-refractivity contribution >= 4 is 8.88 Å². The number of rotatable bonds is 2. The van der Waals surface area contributed by atoms with Gasteiger partial charge >= 0.3 is 8.88 Å². The zero-order chi connectivity index (χ0) is 4.99. The molecule has 0 N–H and O–H groups in total. The van der Waals surface area contributed by atoms with E-state index in [4.69, 9.17) is 15.0 Å². The second kappa shape index (κ2) is 2.66. The fourth-order valence-corrected chi connectivity index (χ4v) is 0.100. The summed E-state index contributed by atoms with van der Waals surface area (Å²) in [5, 5.41) is 9.12. The minimum Gasteiger partial charge on any atom is -0.262 e.